The van der Waals surface area contributed by atoms with Crippen LogP contribution in [-0.2, 0) is 11.3 Å². The molecule has 7 heteroatoms. The molecule has 0 aliphatic carbocycles. The number of thioether (sulfide) groups is 1. The molecule has 0 radical (unpaired) electrons. The summed E-state index contributed by atoms with van der Waals surface area (Å²) in [6, 6.07) is -0.143. The van der Waals surface area contributed by atoms with Crippen molar-refractivity contribution in [2.45, 2.75) is 52.3 Å². The van der Waals surface area contributed by atoms with E-state index in [1.807, 2.05) is 13.8 Å². The molecule has 1 aromatic heterocycles. The van der Waals surface area contributed by atoms with Gasteiger partial charge >= 0.3 is 0 Å². The summed E-state index contributed by atoms with van der Waals surface area (Å²) in [7, 11) is 0. The van der Waals surface area contributed by atoms with Crippen molar-refractivity contribution in [3.05, 3.63) is 17.0 Å². The number of aliphatic hydroxyl groups excluding tert-OH is 1. The minimum Gasteiger partial charge on any atom is -0.390 e. The molecule has 1 amide bonds. The molecule has 130 valence electrons. The number of carbonyl (C=O) groups is 1. The van der Waals surface area contributed by atoms with Crippen molar-refractivity contribution in [1.82, 2.24) is 15.4 Å². The number of aromatic nitrogens is 1. The van der Waals surface area contributed by atoms with Gasteiger partial charge < -0.3 is 14.9 Å². The highest BCUT2D eigenvalue weighted by Crippen LogP contribution is 2.19. The summed E-state index contributed by atoms with van der Waals surface area (Å²) in [5.74, 6) is 2.73. The third-order valence-electron chi connectivity index (χ3n) is 4.25. The van der Waals surface area contributed by atoms with Gasteiger partial charge in [-0.05, 0) is 26.0 Å². The van der Waals surface area contributed by atoms with Crippen LogP contribution in [0.25, 0.3) is 0 Å². The maximum atomic E-state index is 11.9. The van der Waals surface area contributed by atoms with Crippen LogP contribution in [0.2, 0.25) is 0 Å². The monoisotopic (exact) mass is 341 g/mol. The number of nitrogens with zero attached hydrogens (tertiary/aromatic N) is 2. The van der Waals surface area contributed by atoms with E-state index < -0.39 is 6.10 Å². The zero-order valence-corrected chi connectivity index (χ0v) is 15.0. The van der Waals surface area contributed by atoms with E-state index in [-0.39, 0.29) is 11.9 Å². The summed E-state index contributed by atoms with van der Waals surface area (Å²) >= 11 is 1.76. The molecule has 1 fully saturated rings. The predicted octanol–water partition coefficient (Wildman–Crippen LogP) is 1.49. The van der Waals surface area contributed by atoms with Gasteiger partial charge in [0.05, 0.1) is 17.8 Å². The molecular formula is C16H27N3O3S. The largest absolute Gasteiger partial charge is 0.390 e. The maximum absolute atomic E-state index is 11.9. The first-order valence-electron chi connectivity index (χ1n) is 8.20. The lowest BCUT2D eigenvalue weighted by atomic mass is 10.0. The molecule has 2 atom stereocenters. The number of hydrogen-bond acceptors (Lipinski definition) is 6. The van der Waals surface area contributed by atoms with E-state index in [0.717, 1.165) is 48.0 Å². The van der Waals surface area contributed by atoms with Crippen molar-refractivity contribution < 1.29 is 14.4 Å². The van der Waals surface area contributed by atoms with Crippen LogP contribution >= 0.6 is 11.8 Å². The lowest BCUT2D eigenvalue weighted by Crippen LogP contribution is -2.53. The number of carbonyl (C=O) groups excluding carboxylic acids is 1. The van der Waals surface area contributed by atoms with Crippen molar-refractivity contribution in [3.8, 4) is 0 Å². The molecule has 2 heterocycles. The van der Waals surface area contributed by atoms with Gasteiger partial charge in [0.15, 0.2) is 0 Å². The standard InChI is InChI=1S/C16H27N3O3S/c1-4-23-8-6-16(21)17-14-5-7-19(10-15(14)20)9-13-11(2)18-22-12(13)3/h14-15,20H,4-10H2,1-3H3,(H,17,21)/t14-,15-/m1/s1. The Morgan fingerprint density at radius 2 is 2.30 bits per heavy atom. The smallest absolute Gasteiger partial charge is 0.221 e. The van der Waals surface area contributed by atoms with Crippen LogP contribution in [0, 0.1) is 13.8 Å². The number of aryl methyl sites for hydroxylation is 2. The molecule has 2 rings (SSSR count). The van der Waals surface area contributed by atoms with E-state index in [1.54, 1.807) is 11.8 Å². The molecule has 2 N–H and O–H groups in total. The second kappa shape index (κ2) is 8.70. The van der Waals surface area contributed by atoms with E-state index in [0.29, 0.717) is 13.0 Å². The molecule has 23 heavy (non-hydrogen) atoms. The fourth-order valence-electron chi connectivity index (χ4n) is 2.85. The minimum absolute atomic E-state index is 0.0363. The van der Waals surface area contributed by atoms with Crippen molar-refractivity contribution >= 4 is 17.7 Å². The Morgan fingerprint density at radius 1 is 1.52 bits per heavy atom. The summed E-state index contributed by atoms with van der Waals surface area (Å²) in [5.41, 5.74) is 2.00. The van der Waals surface area contributed by atoms with Gasteiger partial charge in [0.1, 0.15) is 5.76 Å². The zero-order chi connectivity index (χ0) is 16.8. The number of aliphatic hydroxyl groups is 1. The van der Waals surface area contributed by atoms with Crippen LogP contribution in [-0.4, -0.2) is 57.8 Å². The van der Waals surface area contributed by atoms with Crippen LogP contribution in [0.15, 0.2) is 4.52 Å². The van der Waals surface area contributed by atoms with Crippen LogP contribution in [0.5, 0.6) is 0 Å². The molecule has 0 aromatic carbocycles. The Balaban J connectivity index is 1.79. The summed E-state index contributed by atoms with van der Waals surface area (Å²) in [5, 5.41) is 17.3. The topological polar surface area (TPSA) is 78.6 Å². The molecule has 1 aliphatic heterocycles. The lowest BCUT2D eigenvalue weighted by molar-refractivity contribution is -0.123. The Labute approximate surface area is 142 Å². The van der Waals surface area contributed by atoms with E-state index in [4.69, 9.17) is 4.52 Å². The molecule has 1 saturated heterocycles. The highest BCUT2D eigenvalue weighted by atomic mass is 32.2. The number of rotatable bonds is 7. The number of hydrogen-bond donors (Lipinski definition) is 2. The van der Waals surface area contributed by atoms with Crippen LogP contribution in [0.1, 0.15) is 36.8 Å². The fraction of sp³-hybridized carbons (Fsp3) is 0.750. The first-order chi connectivity index (χ1) is 11.0. The number of amides is 1. The Hall–Kier alpha value is -1.05. The molecule has 1 aliphatic rings. The first-order valence-corrected chi connectivity index (χ1v) is 9.36. The van der Waals surface area contributed by atoms with Crippen molar-refractivity contribution in [1.29, 1.82) is 0 Å². The minimum atomic E-state index is -0.535. The second-order valence-corrected chi connectivity index (χ2v) is 7.41. The number of piperidine rings is 1. The normalized spacial score (nSPS) is 22.3. The fourth-order valence-corrected chi connectivity index (χ4v) is 3.47. The van der Waals surface area contributed by atoms with Crippen molar-refractivity contribution in [2.24, 2.45) is 0 Å². The average Bonchev–Trinajstić information content (AvgIpc) is 2.82. The number of β-amino-alcohol motifs (C(OH)–C–C–N with tert-alkyl or cyclic N) is 1. The molecule has 0 unspecified atom stereocenters. The highest BCUT2D eigenvalue weighted by molar-refractivity contribution is 7.99. The van der Waals surface area contributed by atoms with Gasteiger partial charge in [0.2, 0.25) is 5.91 Å². The third-order valence-corrected chi connectivity index (χ3v) is 5.15. The van der Waals surface area contributed by atoms with E-state index in [9.17, 15) is 9.90 Å². The number of likely N-dealkylation sites (tertiary alicyclic amines) is 1. The van der Waals surface area contributed by atoms with E-state index in [1.165, 1.54) is 0 Å². The van der Waals surface area contributed by atoms with Gasteiger partial charge in [0, 0.05) is 37.4 Å². The van der Waals surface area contributed by atoms with Crippen molar-refractivity contribution in [2.75, 3.05) is 24.6 Å². The SMILES string of the molecule is CCSCCC(=O)N[C@@H]1CCN(Cc2c(C)noc2C)C[C@H]1O. The second-order valence-electron chi connectivity index (χ2n) is 6.01. The molecule has 0 saturated carbocycles. The van der Waals surface area contributed by atoms with E-state index >= 15 is 0 Å². The van der Waals surface area contributed by atoms with Gasteiger partial charge in [-0.3, -0.25) is 9.69 Å². The predicted molar refractivity (Wildman–Crippen MR) is 91.4 cm³/mol. The average molecular weight is 341 g/mol. The molecule has 0 spiro atoms. The van der Waals surface area contributed by atoms with Gasteiger partial charge in [-0.25, -0.2) is 0 Å². The first kappa shape index (κ1) is 18.3. The van der Waals surface area contributed by atoms with E-state index in [2.05, 4.69) is 22.3 Å². The third kappa shape index (κ3) is 5.22. The van der Waals surface area contributed by atoms with Crippen molar-refractivity contribution in [3.63, 3.8) is 0 Å². The quantitative estimate of drug-likeness (QED) is 0.732. The van der Waals surface area contributed by atoms with Crippen LogP contribution in [0.3, 0.4) is 0 Å². The molecular weight excluding hydrogens is 314 g/mol. The Bertz CT molecular complexity index is 501. The van der Waals surface area contributed by atoms with Gasteiger partial charge in [-0.15, -0.1) is 0 Å². The Kier molecular flexibility index (Phi) is 6.92. The molecule has 0 bridgehead atoms. The van der Waals surface area contributed by atoms with Crippen LogP contribution < -0.4 is 5.32 Å². The van der Waals surface area contributed by atoms with Gasteiger partial charge in [-0.1, -0.05) is 12.1 Å². The Morgan fingerprint density at radius 3 is 2.91 bits per heavy atom. The van der Waals surface area contributed by atoms with Gasteiger partial charge in [0.25, 0.3) is 0 Å². The zero-order valence-electron chi connectivity index (χ0n) is 14.2. The summed E-state index contributed by atoms with van der Waals surface area (Å²) in [6.07, 6.45) is 0.744. The highest BCUT2D eigenvalue weighted by Gasteiger charge is 2.29. The summed E-state index contributed by atoms with van der Waals surface area (Å²) < 4.78 is 5.19. The number of nitrogens with one attached hydrogen (secondary N) is 1. The van der Waals surface area contributed by atoms with Gasteiger partial charge in [-0.2, -0.15) is 11.8 Å². The summed E-state index contributed by atoms with van der Waals surface area (Å²) in [6.45, 7) is 8.05. The maximum Gasteiger partial charge on any atom is 0.221 e. The molecule has 6 nitrogen and oxygen atoms in total. The lowest BCUT2D eigenvalue weighted by Gasteiger charge is -2.36. The molecule has 1 aromatic rings. The van der Waals surface area contributed by atoms with Crippen LogP contribution in [0.4, 0.5) is 0 Å². The summed E-state index contributed by atoms with van der Waals surface area (Å²) in [4.78, 5) is 14.1.